The fourth-order valence-corrected chi connectivity index (χ4v) is 2.17. The number of aromatic nitrogens is 2. The zero-order valence-electron chi connectivity index (χ0n) is 9.87. The highest BCUT2D eigenvalue weighted by Crippen LogP contribution is 2.29. The third kappa shape index (κ3) is 1.76. The Labute approximate surface area is 98.7 Å². The number of thiophene rings is 1. The van der Waals surface area contributed by atoms with Crippen LogP contribution in [0.1, 0.15) is 19.7 Å². The van der Waals surface area contributed by atoms with Crippen molar-refractivity contribution in [1.29, 1.82) is 0 Å². The molecule has 0 saturated carbocycles. The van der Waals surface area contributed by atoms with Crippen molar-refractivity contribution in [1.82, 2.24) is 9.97 Å². The van der Waals surface area contributed by atoms with E-state index in [1.807, 2.05) is 32.3 Å². The highest BCUT2D eigenvalue weighted by Gasteiger charge is 2.24. The van der Waals surface area contributed by atoms with E-state index in [9.17, 15) is 0 Å². The van der Waals surface area contributed by atoms with Crippen LogP contribution in [0.25, 0.3) is 10.2 Å². The average molecular weight is 237 g/mol. The molecular formula is C11H15N3OS. The number of nitrogens with zero attached hydrogens (tertiary/aromatic N) is 2. The average Bonchev–Trinajstić information content (AvgIpc) is 2.75. The summed E-state index contributed by atoms with van der Waals surface area (Å²) in [6, 6.07) is 2.02. The lowest BCUT2D eigenvalue weighted by Crippen LogP contribution is -2.23. The normalized spacial score (nSPS) is 12.0. The van der Waals surface area contributed by atoms with Crippen molar-refractivity contribution in [2.45, 2.75) is 19.4 Å². The Balaban J connectivity index is 2.64. The molecule has 0 unspecified atom stereocenters. The summed E-state index contributed by atoms with van der Waals surface area (Å²) in [7, 11) is 3.53. The van der Waals surface area contributed by atoms with Gasteiger partial charge in [-0.05, 0) is 25.3 Å². The van der Waals surface area contributed by atoms with E-state index in [4.69, 9.17) is 4.74 Å². The number of fused-ring (bicyclic) bond motifs is 1. The molecule has 2 heterocycles. The monoisotopic (exact) mass is 237 g/mol. The number of nitrogens with one attached hydrogen (secondary N) is 1. The molecule has 2 aromatic heterocycles. The summed E-state index contributed by atoms with van der Waals surface area (Å²) in [6.07, 6.45) is 0. The molecule has 4 nitrogen and oxygen atoms in total. The molecule has 16 heavy (non-hydrogen) atoms. The summed E-state index contributed by atoms with van der Waals surface area (Å²) in [5.74, 6) is 1.56. The summed E-state index contributed by atoms with van der Waals surface area (Å²) in [5, 5.41) is 6.17. The molecule has 2 rings (SSSR count). The topological polar surface area (TPSA) is 47.0 Å². The van der Waals surface area contributed by atoms with Crippen molar-refractivity contribution in [3.8, 4) is 0 Å². The van der Waals surface area contributed by atoms with Gasteiger partial charge in [0.15, 0.2) is 5.82 Å². The van der Waals surface area contributed by atoms with E-state index in [1.165, 1.54) is 0 Å². The van der Waals surface area contributed by atoms with Gasteiger partial charge in [0.05, 0.1) is 5.39 Å². The number of ether oxygens (including phenoxy) is 1. The second kappa shape index (κ2) is 3.99. The van der Waals surface area contributed by atoms with Crippen molar-refractivity contribution in [2.24, 2.45) is 0 Å². The van der Waals surface area contributed by atoms with Crippen LogP contribution in [0, 0.1) is 0 Å². The van der Waals surface area contributed by atoms with Crippen LogP contribution in [0.5, 0.6) is 0 Å². The lowest BCUT2D eigenvalue weighted by atomic mass is 10.1. The van der Waals surface area contributed by atoms with Crippen LogP contribution >= 0.6 is 11.3 Å². The van der Waals surface area contributed by atoms with Gasteiger partial charge in [0, 0.05) is 14.2 Å². The van der Waals surface area contributed by atoms with Gasteiger partial charge in [-0.25, -0.2) is 9.97 Å². The molecule has 0 atom stereocenters. The largest absolute Gasteiger partial charge is 0.372 e. The molecule has 0 aliphatic carbocycles. The van der Waals surface area contributed by atoms with Gasteiger partial charge in [0.2, 0.25) is 0 Å². The molecule has 0 spiro atoms. The van der Waals surface area contributed by atoms with Crippen LogP contribution in [0.15, 0.2) is 11.4 Å². The van der Waals surface area contributed by atoms with E-state index >= 15 is 0 Å². The maximum atomic E-state index is 5.40. The van der Waals surface area contributed by atoms with E-state index in [-0.39, 0.29) is 0 Å². The first-order valence-electron chi connectivity index (χ1n) is 5.07. The lowest BCUT2D eigenvalue weighted by Gasteiger charge is -2.21. The summed E-state index contributed by atoms with van der Waals surface area (Å²) in [4.78, 5) is 10.0. The van der Waals surface area contributed by atoms with Gasteiger partial charge in [0.1, 0.15) is 16.2 Å². The van der Waals surface area contributed by atoms with Gasteiger partial charge in [-0.3, -0.25) is 0 Å². The predicted molar refractivity (Wildman–Crippen MR) is 67.0 cm³/mol. The molecule has 0 amide bonds. The van der Waals surface area contributed by atoms with E-state index in [2.05, 4.69) is 15.3 Å². The number of rotatable bonds is 3. The maximum absolute atomic E-state index is 5.40. The molecule has 1 N–H and O–H groups in total. The first kappa shape index (κ1) is 11.3. The Kier molecular flexibility index (Phi) is 2.82. The summed E-state index contributed by atoms with van der Waals surface area (Å²) in [5.41, 5.74) is -0.468. The van der Waals surface area contributed by atoms with Crippen LogP contribution in [-0.2, 0) is 10.3 Å². The third-order valence-electron chi connectivity index (χ3n) is 2.61. The van der Waals surface area contributed by atoms with Gasteiger partial charge < -0.3 is 10.1 Å². The molecular weight excluding hydrogens is 222 g/mol. The van der Waals surface area contributed by atoms with Crippen LogP contribution in [-0.4, -0.2) is 24.1 Å². The van der Waals surface area contributed by atoms with Crippen molar-refractivity contribution < 1.29 is 4.74 Å². The molecule has 0 aromatic carbocycles. The van der Waals surface area contributed by atoms with Crippen LogP contribution in [0.4, 0.5) is 5.82 Å². The second-order valence-corrected chi connectivity index (χ2v) is 4.89. The summed E-state index contributed by atoms with van der Waals surface area (Å²) in [6.45, 7) is 3.92. The number of methoxy groups -OCH3 is 1. The standard InChI is InChI=1S/C11H15N3OS/c1-11(2,15-4)10-13-8(12-3)7-5-6-16-9(7)14-10/h5-6H,1-4H3,(H,12,13,14). The molecule has 5 heteroatoms. The Morgan fingerprint density at radius 1 is 1.38 bits per heavy atom. The highest BCUT2D eigenvalue weighted by molar-refractivity contribution is 7.16. The van der Waals surface area contributed by atoms with Crippen LogP contribution in [0.2, 0.25) is 0 Å². The molecule has 0 saturated heterocycles. The molecule has 0 radical (unpaired) electrons. The van der Waals surface area contributed by atoms with E-state index in [0.717, 1.165) is 16.0 Å². The Morgan fingerprint density at radius 3 is 2.75 bits per heavy atom. The molecule has 0 aliphatic heterocycles. The quantitative estimate of drug-likeness (QED) is 0.891. The smallest absolute Gasteiger partial charge is 0.163 e. The minimum Gasteiger partial charge on any atom is -0.372 e. The van der Waals surface area contributed by atoms with Crippen molar-refractivity contribution >= 4 is 27.4 Å². The number of hydrogen-bond acceptors (Lipinski definition) is 5. The minimum absolute atomic E-state index is 0.468. The first-order valence-corrected chi connectivity index (χ1v) is 5.95. The highest BCUT2D eigenvalue weighted by atomic mass is 32.1. The zero-order valence-corrected chi connectivity index (χ0v) is 10.7. The summed E-state index contributed by atoms with van der Waals surface area (Å²) >= 11 is 1.61. The molecule has 0 fully saturated rings. The lowest BCUT2D eigenvalue weighted by molar-refractivity contribution is 0.0119. The molecule has 0 aliphatic rings. The number of hydrogen-bond donors (Lipinski definition) is 1. The second-order valence-electron chi connectivity index (χ2n) is 4.00. The zero-order chi connectivity index (χ0) is 11.8. The van der Waals surface area contributed by atoms with Crippen LogP contribution in [0.3, 0.4) is 0 Å². The number of anilines is 1. The fourth-order valence-electron chi connectivity index (χ4n) is 1.41. The van der Waals surface area contributed by atoms with Gasteiger partial charge in [-0.1, -0.05) is 0 Å². The predicted octanol–water partition coefficient (Wildman–Crippen LogP) is 2.61. The summed E-state index contributed by atoms with van der Waals surface area (Å²) < 4.78 is 5.40. The fraction of sp³-hybridized carbons (Fsp3) is 0.455. The van der Waals surface area contributed by atoms with Crippen molar-refractivity contribution in [3.05, 3.63) is 17.3 Å². The maximum Gasteiger partial charge on any atom is 0.163 e. The minimum atomic E-state index is -0.468. The van der Waals surface area contributed by atoms with E-state index < -0.39 is 5.60 Å². The SMILES string of the molecule is CNc1nc(C(C)(C)OC)nc2sccc12. The Morgan fingerprint density at radius 2 is 2.12 bits per heavy atom. The molecule has 2 aromatic rings. The first-order chi connectivity index (χ1) is 7.58. The van der Waals surface area contributed by atoms with E-state index in [1.54, 1.807) is 18.4 Å². The van der Waals surface area contributed by atoms with Crippen LogP contribution < -0.4 is 5.32 Å². The Bertz CT molecular complexity index is 507. The third-order valence-corrected chi connectivity index (χ3v) is 3.42. The van der Waals surface area contributed by atoms with Gasteiger partial charge >= 0.3 is 0 Å². The Hall–Kier alpha value is -1.20. The van der Waals surface area contributed by atoms with Gasteiger partial charge in [0.25, 0.3) is 0 Å². The van der Waals surface area contributed by atoms with E-state index in [0.29, 0.717) is 5.82 Å². The van der Waals surface area contributed by atoms with Gasteiger partial charge in [-0.15, -0.1) is 11.3 Å². The van der Waals surface area contributed by atoms with Gasteiger partial charge in [-0.2, -0.15) is 0 Å². The molecule has 0 bridgehead atoms. The van der Waals surface area contributed by atoms with Crippen molar-refractivity contribution in [2.75, 3.05) is 19.5 Å². The molecule has 86 valence electrons. The van der Waals surface area contributed by atoms with Crippen molar-refractivity contribution in [3.63, 3.8) is 0 Å².